The summed E-state index contributed by atoms with van der Waals surface area (Å²) in [6.07, 6.45) is 2.05. The number of thiophene rings is 1. The Morgan fingerprint density at radius 2 is 1.80 bits per heavy atom. The van der Waals surface area contributed by atoms with Gasteiger partial charge in [-0.3, -0.25) is 14.5 Å². The lowest BCUT2D eigenvalue weighted by Gasteiger charge is -2.27. The number of morpholine rings is 1. The highest BCUT2D eigenvalue weighted by Gasteiger charge is 2.30. The smallest absolute Gasteiger partial charge is 0.257 e. The quantitative estimate of drug-likeness (QED) is 0.543. The predicted molar refractivity (Wildman–Crippen MR) is 140 cm³/mol. The van der Waals surface area contributed by atoms with Gasteiger partial charge in [0.1, 0.15) is 5.00 Å². The zero-order chi connectivity index (χ0) is 24.4. The first-order valence-corrected chi connectivity index (χ1v) is 13.0. The number of fused-ring (bicyclic) bond motifs is 1. The van der Waals surface area contributed by atoms with Gasteiger partial charge in [0.15, 0.2) is 0 Å². The van der Waals surface area contributed by atoms with Crippen molar-refractivity contribution in [1.29, 1.82) is 0 Å². The number of nitrogens with zero attached hydrogens (tertiary/aromatic N) is 2. The lowest BCUT2D eigenvalue weighted by Crippen LogP contribution is -2.41. The van der Waals surface area contributed by atoms with Crippen LogP contribution < -0.4 is 5.32 Å². The number of carbonyl (C=O) groups is 2. The van der Waals surface area contributed by atoms with Gasteiger partial charge in [0.25, 0.3) is 5.91 Å². The summed E-state index contributed by atoms with van der Waals surface area (Å²) in [7, 11) is 2.00. The standard InChI is InChI=1S/C28H31N3O3S/c1-19-25(28(33)31-14-16-34-17-15-31)27(35-26(19)21-9-4-3-5-10-21)29-24(32)18-30(2)23-13-12-20-8-6-7-11-22(20)23/h3-11,23H,12-18H2,1-2H3,(H,29,32)/t23-/m1/s1. The molecule has 5 rings (SSSR count). The number of ether oxygens (including phenoxy) is 1. The van der Waals surface area contributed by atoms with E-state index in [4.69, 9.17) is 4.74 Å². The molecule has 0 radical (unpaired) electrons. The Bertz CT molecular complexity index is 1220. The van der Waals surface area contributed by atoms with E-state index in [9.17, 15) is 9.59 Å². The highest BCUT2D eigenvalue weighted by molar-refractivity contribution is 7.20. The van der Waals surface area contributed by atoms with Gasteiger partial charge in [-0.25, -0.2) is 0 Å². The Morgan fingerprint density at radius 3 is 2.57 bits per heavy atom. The molecule has 1 aliphatic heterocycles. The molecule has 7 heteroatoms. The van der Waals surface area contributed by atoms with Crippen LogP contribution in [0.25, 0.3) is 10.4 Å². The van der Waals surface area contributed by atoms with Crippen molar-refractivity contribution in [3.05, 3.63) is 76.9 Å². The van der Waals surface area contributed by atoms with Gasteiger partial charge < -0.3 is 15.0 Å². The Morgan fingerprint density at radius 1 is 1.09 bits per heavy atom. The van der Waals surface area contributed by atoms with Crippen LogP contribution in [0, 0.1) is 6.92 Å². The van der Waals surface area contributed by atoms with Crippen molar-refractivity contribution in [2.24, 2.45) is 0 Å². The van der Waals surface area contributed by atoms with Gasteiger partial charge in [-0.15, -0.1) is 11.3 Å². The van der Waals surface area contributed by atoms with Crippen LogP contribution in [0.2, 0.25) is 0 Å². The third kappa shape index (κ3) is 4.89. The summed E-state index contributed by atoms with van der Waals surface area (Å²) >= 11 is 1.48. The van der Waals surface area contributed by atoms with Crippen LogP contribution in [0.15, 0.2) is 54.6 Å². The second-order valence-electron chi connectivity index (χ2n) is 9.25. The number of nitrogens with one attached hydrogen (secondary N) is 1. The van der Waals surface area contributed by atoms with Gasteiger partial charge in [-0.1, -0.05) is 54.6 Å². The van der Waals surface area contributed by atoms with Crippen molar-refractivity contribution in [2.45, 2.75) is 25.8 Å². The van der Waals surface area contributed by atoms with E-state index in [-0.39, 0.29) is 24.4 Å². The Balaban J connectivity index is 1.39. The summed E-state index contributed by atoms with van der Waals surface area (Å²) in [5, 5.41) is 3.73. The topological polar surface area (TPSA) is 61.9 Å². The molecule has 1 atom stereocenters. The fraction of sp³-hybridized carbons (Fsp3) is 0.357. The van der Waals surface area contributed by atoms with Crippen LogP contribution in [0.1, 0.15) is 39.5 Å². The van der Waals surface area contributed by atoms with Crippen molar-refractivity contribution in [2.75, 3.05) is 45.2 Å². The minimum Gasteiger partial charge on any atom is -0.378 e. The maximum absolute atomic E-state index is 13.6. The van der Waals surface area contributed by atoms with Crippen LogP contribution in [-0.4, -0.2) is 61.5 Å². The largest absolute Gasteiger partial charge is 0.378 e. The van der Waals surface area contributed by atoms with Crippen molar-refractivity contribution in [3.63, 3.8) is 0 Å². The zero-order valence-corrected chi connectivity index (χ0v) is 21.1. The minimum atomic E-state index is -0.103. The second-order valence-corrected chi connectivity index (χ2v) is 10.3. The van der Waals surface area contributed by atoms with E-state index in [0.717, 1.165) is 28.8 Å². The van der Waals surface area contributed by atoms with Gasteiger partial charge in [0.2, 0.25) is 5.91 Å². The molecule has 1 N–H and O–H groups in total. The summed E-state index contributed by atoms with van der Waals surface area (Å²) in [4.78, 5) is 31.7. The summed E-state index contributed by atoms with van der Waals surface area (Å²) in [6.45, 7) is 4.44. The zero-order valence-electron chi connectivity index (χ0n) is 20.3. The normalized spacial score (nSPS) is 17.5. The van der Waals surface area contributed by atoms with E-state index in [1.165, 1.54) is 22.5 Å². The molecule has 2 aliphatic rings. The van der Waals surface area contributed by atoms with E-state index in [1.54, 1.807) is 0 Å². The first-order chi connectivity index (χ1) is 17.0. The van der Waals surface area contributed by atoms with Crippen LogP contribution in [0.5, 0.6) is 0 Å². The molecule has 1 saturated heterocycles. The number of rotatable bonds is 6. The molecule has 1 fully saturated rings. The molecular weight excluding hydrogens is 458 g/mol. The molecule has 6 nitrogen and oxygen atoms in total. The maximum atomic E-state index is 13.6. The van der Waals surface area contributed by atoms with Gasteiger partial charge in [-0.05, 0) is 49.1 Å². The molecule has 3 aromatic rings. The van der Waals surface area contributed by atoms with Crippen LogP contribution >= 0.6 is 11.3 Å². The maximum Gasteiger partial charge on any atom is 0.257 e. The lowest BCUT2D eigenvalue weighted by molar-refractivity contribution is -0.117. The number of hydrogen-bond acceptors (Lipinski definition) is 5. The molecule has 0 unspecified atom stereocenters. The molecule has 182 valence electrons. The number of hydrogen-bond donors (Lipinski definition) is 1. The Kier molecular flexibility index (Phi) is 7.00. The SMILES string of the molecule is Cc1c(-c2ccccc2)sc(NC(=O)CN(C)[C@@H]2CCc3ccccc32)c1C(=O)N1CCOCC1. The molecule has 1 aliphatic carbocycles. The van der Waals surface area contributed by atoms with Crippen molar-refractivity contribution in [3.8, 4) is 10.4 Å². The van der Waals surface area contributed by atoms with Gasteiger partial charge in [0.05, 0.1) is 25.3 Å². The predicted octanol–water partition coefficient (Wildman–Crippen LogP) is 4.75. The molecule has 2 heterocycles. The van der Waals surface area contributed by atoms with E-state index in [0.29, 0.717) is 36.9 Å². The summed E-state index contributed by atoms with van der Waals surface area (Å²) in [5.41, 5.74) is 5.23. The number of aryl methyl sites for hydroxylation is 1. The Hall–Kier alpha value is -3.00. The highest BCUT2D eigenvalue weighted by Crippen LogP contribution is 2.41. The molecule has 2 amide bonds. The molecule has 0 saturated carbocycles. The highest BCUT2D eigenvalue weighted by atomic mass is 32.1. The number of likely N-dealkylation sites (N-methyl/N-ethyl adjacent to an activating group) is 1. The number of amides is 2. The second kappa shape index (κ2) is 10.3. The van der Waals surface area contributed by atoms with Crippen LogP contribution in [0.4, 0.5) is 5.00 Å². The molecule has 0 bridgehead atoms. The monoisotopic (exact) mass is 489 g/mol. The summed E-state index contributed by atoms with van der Waals surface area (Å²) in [5.74, 6) is -0.147. The minimum absolute atomic E-state index is 0.0439. The molecular formula is C28H31N3O3S. The third-order valence-corrected chi connectivity index (χ3v) is 8.23. The van der Waals surface area contributed by atoms with E-state index < -0.39 is 0 Å². The van der Waals surface area contributed by atoms with Crippen LogP contribution in [0.3, 0.4) is 0 Å². The molecule has 2 aromatic carbocycles. The van der Waals surface area contributed by atoms with E-state index in [2.05, 4.69) is 34.5 Å². The van der Waals surface area contributed by atoms with Crippen molar-refractivity contribution >= 4 is 28.2 Å². The fourth-order valence-corrected chi connectivity index (χ4v) is 6.36. The first kappa shape index (κ1) is 23.7. The molecule has 1 aromatic heterocycles. The average molecular weight is 490 g/mol. The van der Waals surface area contributed by atoms with Gasteiger partial charge >= 0.3 is 0 Å². The summed E-state index contributed by atoms with van der Waals surface area (Å²) in [6, 6.07) is 18.7. The number of benzene rings is 2. The average Bonchev–Trinajstić information content (AvgIpc) is 3.45. The number of carbonyl (C=O) groups excluding carboxylic acids is 2. The van der Waals surface area contributed by atoms with Crippen LogP contribution in [-0.2, 0) is 16.0 Å². The molecule has 0 spiro atoms. The Labute approximate surface area is 210 Å². The van der Waals surface area contributed by atoms with E-state index in [1.807, 2.05) is 49.2 Å². The number of anilines is 1. The molecule has 35 heavy (non-hydrogen) atoms. The lowest BCUT2D eigenvalue weighted by atomic mass is 10.1. The van der Waals surface area contributed by atoms with Gasteiger partial charge in [0, 0.05) is 24.0 Å². The third-order valence-electron chi connectivity index (χ3n) is 6.97. The van der Waals surface area contributed by atoms with Gasteiger partial charge in [-0.2, -0.15) is 0 Å². The first-order valence-electron chi connectivity index (χ1n) is 12.2. The van der Waals surface area contributed by atoms with E-state index >= 15 is 0 Å². The van der Waals surface area contributed by atoms with Crippen molar-refractivity contribution in [1.82, 2.24) is 9.80 Å². The van der Waals surface area contributed by atoms with Crippen molar-refractivity contribution < 1.29 is 14.3 Å². The fourth-order valence-electron chi connectivity index (χ4n) is 5.14. The summed E-state index contributed by atoms with van der Waals surface area (Å²) < 4.78 is 5.44.